The molecule has 1 heterocycles. The molecule has 94 valence electrons. The molecule has 1 aromatic rings. The number of ether oxygens (including phenoxy) is 1. The summed E-state index contributed by atoms with van der Waals surface area (Å²) < 4.78 is 18.6. The van der Waals surface area contributed by atoms with Crippen molar-refractivity contribution in [2.24, 2.45) is 0 Å². The first kappa shape index (κ1) is 12.5. The molecule has 1 N–H and O–H groups in total. The van der Waals surface area contributed by atoms with Crippen molar-refractivity contribution in [1.29, 1.82) is 0 Å². The van der Waals surface area contributed by atoms with Gasteiger partial charge in [-0.15, -0.1) is 0 Å². The summed E-state index contributed by atoms with van der Waals surface area (Å²) in [6.45, 7) is 5.78. The highest BCUT2D eigenvalue weighted by Crippen LogP contribution is 2.15. The van der Waals surface area contributed by atoms with Crippen LogP contribution in [0.25, 0.3) is 0 Å². The second-order valence-corrected chi connectivity index (χ2v) is 5.41. The summed E-state index contributed by atoms with van der Waals surface area (Å²) in [5.74, 6) is -0.157. The summed E-state index contributed by atoms with van der Waals surface area (Å²) in [7, 11) is 0. The summed E-state index contributed by atoms with van der Waals surface area (Å²) in [5.41, 5.74) is 1.10. The third kappa shape index (κ3) is 3.79. The molecule has 1 saturated heterocycles. The highest BCUT2D eigenvalue weighted by atomic mass is 19.1. The monoisotopic (exact) mass is 237 g/mol. The first-order chi connectivity index (χ1) is 8.05. The highest BCUT2D eigenvalue weighted by molar-refractivity contribution is 5.16. The molecule has 1 aliphatic rings. The second kappa shape index (κ2) is 5.15. The van der Waals surface area contributed by atoms with E-state index in [0.29, 0.717) is 6.04 Å². The quantitative estimate of drug-likeness (QED) is 0.872. The van der Waals surface area contributed by atoms with E-state index in [1.165, 1.54) is 6.07 Å². The normalized spacial score (nSPS) is 23.6. The van der Waals surface area contributed by atoms with Crippen LogP contribution in [-0.4, -0.2) is 24.8 Å². The molecule has 17 heavy (non-hydrogen) atoms. The van der Waals surface area contributed by atoms with Gasteiger partial charge in [0.15, 0.2) is 0 Å². The fourth-order valence-electron chi connectivity index (χ4n) is 2.28. The minimum absolute atomic E-state index is 0.0465. The predicted octanol–water partition coefficient (Wildman–Crippen LogP) is 2.53. The number of hydrogen-bond donors (Lipinski definition) is 1. The van der Waals surface area contributed by atoms with Crippen molar-refractivity contribution in [3.8, 4) is 0 Å². The molecule has 2 rings (SSSR count). The van der Waals surface area contributed by atoms with Crippen molar-refractivity contribution in [1.82, 2.24) is 5.32 Å². The van der Waals surface area contributed by atoms with Gasteiger partial charge in [0.25, 0.3) is 0 Å². The molecule has 3 heteroatoms. The van der Waals surface area contributed by atoms with Gasteiger partial charge in [-0.25, -0.2) is 4.39 Å². The number of morpholine rings is 1. The zero-order chi connectivity index (χ0) is 12.3. The maximum Gasteiger partial charge on any atom is 0.123 e. The number of rotatable bonds is 3. The van der Waals surface area contributed by atoms with Crippen LogP contribution in [0.5, 0.6) is 0 Å². The van der Waals surface area contributed by atoms with E-state index < -0.39 is 0 Å². The van der Waals surface area contributed by atoms with Crippen LogP contribution < -0.4 is 5.32 Å². The molecule has 1 atom stereocenters. The molecular weight excluding hydrogens is 217 g/mol. The first-order valence-electron chi connectivity index (χ1n) is 6.15. The van der Waals surface area contributed by atoms with Gasteiger partial charge in [-0.2, -0.15) is 0 Å². The molecule has 0 radical (unpaired) electrons. The molecule has 0 aliphatic carbocycles. The van der Waals surface area contributed by atoms with Crippen molar-refractivity contribution in [3.05, 3.63) is 35.6 Å². The van der Waals surface area contributed by atoms with E-state index in [1.54, 1.807) is 12.1 Å². The lowest BCUT2D eigenvalue weighted by Gasteiger charge is -2.37. The molecule has 0 aromatic heterocycles. The predicted molar refractivity (Wildman–Crippen MR) is 66.5 cm³/mol. The molecule has 1 aliphatic heterocycles. The van der Waals surface area contributed by atoms with Gasteiger partial charge in [0, 0.05) is 11.6 Å². The minimum Gasteiger partial charge on any atom is -0.378 e. The molecule has 0 amide bonds. The van der Waals surface area contributed by atoms with Crippen molar-refractivity contribution in [2.75, 3.05) is 13.2 Å². The van der Waals surface area contributed by atoms with Gasteiger partial charge in [-0.1, -0.05) is 12.1 Å². The fraction of sp³-hybridized carbons (Fsp3) is 0.571. The van der Waals surface area contributed by atoms with Gasteiger partial charge in [0.2, 0.25) is 0 Å². The van der Waals surface area contributed by atoms with Crippen LogP contribution >= 0.6 is 0 Å². The Morgan fingerprint density at radius 3 is 3.00 bits per heavy atom. The van der Waals surface area contributed by atoms with Crippen molar-refractivity contribution < 1.29 is 9.13 Å². The van der Waals surface area contributed by atoms with Crippen LogP contribution in [0.2, 0.25) is 0 Å². The number of nitrogens with one attached hydrogen (secondary N) is 1. The largest absolute Gasteiger partial charge is 0.378 e. The van der Waals surface area contributed by atoms with Crippen LogP contribution in [0.3, 0.4) is 0 Å². The van der Waals surface area contributed by atoms with Crippen LogP contribution in [-0.2, 0) is 11.2 Å². The van der Waals surface area contributed by atoms with Crippen LogP contribution in [0.4, 0.5) is 4.39 Å². The minimum atomic E-state index is -0.157. The van der Waals surface area contributed by atoms with E-state index >= 15 is 0 Å². The van der Waals surface area contributed by atoms with Crippen molar-refractivity contribution in [3.63, 3.8) is 0 Å². The van der Waals surface area contributed by atoms with Gasteiger partial charge in [0.1, 0.15) is 5.82 Å². The highest BCUT2D eigenvalue weighted by Gasteiger charge is 2.27. The molecule has 0 bridgehead atoms. The topological polar surface area (TPSA) is 21.3 Å². The Labute approximate surface area is 102 Å². The summed E-state index contributed by atoms with van der Waals surface area (Å²) in [5, 5.41) is 3.56. The van der Waals surface area contributed by atoms with E-state index in [-0.39, 0.29) is 11.4 Å². The molecule has 1 unspecified atom stereocenters. The maximum absolute atomic E-state index is 13.0. The Hall–Kier alpha value is -0.930. The van der Waals surface area contributed by atoms with E-state index in [4.69, 9.17) is 4.74 Å². The number of hydrogen-bond acceptors (Lipinski definition) is 2. The fourth-order valence-corrected chi connectivity index (χ4v) is 2.28. The van der Waals surface area contributed by atoms with Gasteiger partial charge < -0.3 is 10.1 Å². The summed E-state index contributed by atoms with van der Waals surface area (Å²) in [4.78, 5) is 0. The van der Waals surface area contributed by atoms with Gasteiger partial charge in [-0.3, -0.25) is 0 Å². The SMILES string of the molecule is CC1(C)COCC(CCc2cccc(F)c2)N1. The van der Waals surface area contributed by atoms with Crippen LogP contribution in [0.1, 0.15) is 25.8 Å². The van der Waals surface area contributed by atoms with Crippen molar-refractivity contribution >= 4 is 0 Å². The lowest BCUT2D eigenvalue weighted by atomic mass is 9.99. The number of aryl methyl sites for hydroxylation is 1. The Morgan fingerprint density at radius 2 is 2.29 bits per heavy atom. The zero-order valence-electron chi connectivity index (χ0n) is 10.5. The molecule has 0 saturated carbocycles. The van der Waals surface area contributed by atoms with Gasteiger partial charge in [0.05, 0.1) is 13.2 Å². The average molecular weight is 237 g/mol. The summed E-state index contributed by atoms with van der Waals surface area (Å²) >= 11 is 0. The van der Waals surface area contributed by atoms with E-state index in [1.807, 2.05) is 6.07 Å². The van der Waals surface area contributed by atoms with Gasteiger partial charge >= 0.3 is 0 Å². The molecule has 2 nitrogen and oxygen atoms in total. The Morgan fingerprint density at radius 1 is 1.47 bits per heavy atom. The van der Waals surface area contributed by atoms with Gasteiger partial charge in [-0.05, 0) is 44.4 Å². The van der Waals surface area contributed by atoms with Crippen LogP contribution in [0.15, 0.2) is 24.3 Å². The molecule has 1 fully saturated rings. The molecule has 1 aromatic carbocycles. The van der Waals surface area contributed by atoms with Crippen LogP contribution in [0, 0.1) is 5.82 Å². The molecular formula is C14H20FNO. The standard InChI is InChI=1S/C14H20FNO/c1-14(2)10-17-9-13(16-14)7-6-11-4-3-5-12(15)8-11/h3-5,8,13,16H,6-7,9-10H2,1-2H3. The number of halogens is 1. The Bertz CT molecular complexity index is 378. The third-order valence-corrected chi connectivity index (χ3v) is 3.05. The molecule has 0 spiro atoms. The maximum atomic E-state index is 13.0. The first-order valence-corrected chi connectivity index (χ1v) is 6.15. The lowest BCUT2D eigenvalue weighted by molar-refractivity contribution is 0.0113. The van der Waals surface area contributed by atoms with E-state index in [2.05, 4.69) is 19.2 Å². The Balaban J connectivity index is 1.86. The second-order valence-electron chi connectivity index (χ2n) is 5.41. The Kier molecular flexibility index (Phi) is 3.79. The zero-order valence-corrected chi connectivity index (χ0v) is 10.5. The van der Waals surface area contributed by atoms with E-state index in [0.717, 1.165) is 31.6 Å². The number of benzene rings is 1. The smallest absolute Gasteiger partial charge is 0.123 e. The average Bonchev–Trinajstić information content (AvgIpc) is 2.25. The van der Waals surface area contributed by atoms with Crippen molar-refractivity contribution in [2.45, 2.75) is 38.3 Å². The summed E-state index contributed by atoms with van der Waals surface area (Å²) in [6, 6.07) is 7.18. The third-order valence-electron chi connectivity index (χ3n) is 3.05. The lowest BCUT2D eigenvalue weighted by Crippen LogP contribution is -2.55. The summed E-state index contributed by atoms with van der Waals surface area (Å²) in [6.07, 6.45) is 1.86. The van der Waals surface area contributed by atoms with E-state index in [9.17, 15) is 4.39 Å².